The monoisotopic (exact) mass is 396 g/mol. The van der Waals surface area contributed by atoms with Gasteiger partial charge in [0.25, 0.3) is 5.91 Å². The number of thiocarbonyl (C=S) groups is 1. The molecule has 28 heavy (non-hydrogen) atoms. The van der Waals surface area contributed by atoms with Crippen LogP contribution in [0.1, 0.15) is 20.9 Å². The second-order valence-electron chi connectivity index (χ2n) is 5.66. The van der Waals surface area contributed by atoms with E-state index in [1.54, 1.807) is 48.5 Å². The molecule has 3 rings (SSSR count). The van der Waals surface area contributed by atoms with E-state index < -0.39 is 5.97 Å². The second kappa shape index (κ2) is 8.36. The molecule has 1 aromatic heterocycles. The van der Waals surface area contributed by atoms with Gasteiger partial charge in [0.1, 0.15) is 11.5 Å². The number of furan rings is 1. The third kappa shape index (κ3) is 4.36. The molecule has 3 N–H and O–H groups in total. The SMILES string of the molecule is COc1ccc(-c2ccc(C(=O)O)o2)cc1NC(=S)NC(=O)c1ccccc1. The summed E-state index contributed by atoms with van der Waals surface area (Å²) in [5, 5.41) is 14.6. The molecule has 0 aliphatic heterocycles. The number of rotatable bonds is 5. The summed E-state index contributed by atoms with van der Waals surface area (Å²) in [6.07, 6.45) is 0. The van der Waals surface area contributed by atoms with Crippen LogP contribution < -0.4 is 15.4 Å². The van der Waals surface area contributed by atoms with Gasteiger partial charge in [-0.1, -0.05) is 18.2 Å². The van der Waals surface area contributed by atoms with E-state index in [1.807, 2.05) is 6.07 Å². The van der Waals surface area contributed by atoms with Crippen LogP contribution in [-0.2, 0) is 0 Å². The number of carbonyl (C=O) groups excluding carboxylic acids is 1. The van der Waals surface area contributed by atoms with Crippen molar-refractivity contribution in [2.24, 2.45) is 0 Å². The molecule has 1 amide bonds. The summed E-state index contributed by atoms with van der Waals surface area (Å²) < 4.78 is 10.6. The molecule has 0 aliphatic carbocycles. The molecule has 142 valence electrons. The Morgan fingerprint density at radius 1 is 1.07 bits per heavy atom. The number of methoxy groups -OCH3 is 1. The Hall–Kier alpha value is -3.65. The number of hydrogen-bond donors (Lipinski definition) is 3. The van der Waals surface area contributed by atoms with Crippen LogP contribution in [0.25, 0.3) is 11.3 Å². The molecule has 0 bridgehead atoms. The standard InChI is InChI=1S/C20H16N2O5S/c1-26-16-8-7-13(15-9-10-17(27-15)19(24)25)11-14(16)21-20(28)22-18(23)12-5-3-2-4-6-12/h2-11H,1H3,(H,24,25)(H2,21,22,23,28). The quantitative estimate of drug-likeness (QED) is 0.564. The fourth-order valence-corrected chi connectivity index (χ4v) is 2.69. The lowest BCUT2D eigenvalue weighted by Crippen LogP contribution is -2.34. The third-order valence-electron chi connectivity index (χ3n) is 3.81. The first-order valence-corrected chi connectivity index (χ1v) is 8.57. The predicted molar refractivity (Wildman–Crippen MR) is 108 cm³/mol. The molecule has 2 aromatic carbocycles. The van der Waals surface area contributed by atoms with Crippen molar-refractivity contribution in [1.82, 2.24) is 5.32 Å². The number of amides is 1. The lowest BCUT2D eigenvalue weighted by molar-refractivity contribution is 0.0663. The zero-order chi connectivity index (χ0) is 20.1. The highest BCUT2D eigenvalue weighted by molar-refractivity contribution is 7.80. The second-order valence-corrected chi connectivity index (χ2v) is 6.07. The molecule has 0 unspecified atom stereocenters. The lowest BCUT2D eigenvalue weighted by Gasteiger charge is -2.14. The first-order chi connectivity index (χ1) is 13.5. The van der Waals surface area contributed by atoms with Gasteiger partial charge in [-0.15, -0.1) is 0 Å². The van der Waals surface area contributed by atoms with Crippen LogP contribution in [0.5, 0.6) is 5.75 Å². The minimum atomic E-state index is -1.15. The van der Waals surface area contributed by atoms with Gasteiger partial charge in [0.05, 0.1) is 12.8 Å². The fourth-order valence-electron chi connectivity index (χ4n) is 2.49. The molecule has 7 nitrogen and oxygen atoms in total. The van der Waals surface area contributed by atoms with Gasteiger partial charge in [-0.2, -0.15) is 0 Å². The highest BCUT2D eigenvalue weighted by Gasteiger charge is 2.14. The van der Waals surface area contributed by atoms with Crippen LogP contribution in [0.2, 0.25) is 0 Å². The van der Waals surface area contributed by atoms with E-state index >= 15 is 0 Å². The van der Waals surface area contributed by atoms with E-state index in [9.17, 15) is 9.59 Å². The van der Waals surface area contributed by atoms with Gasteiger partial charge in [0, 0.05) is 11.1 Å². The molecule has 0 aliphatic rings. The predicted octanol–water partition coefficient (Wildman–Crippen LogP) is 3.78. The number of benzene rings is 2. The summed E-state index contributed by atoms with van der Waals surface area (Å²) in [7, 11) is 1.50. The summed E-state index contributed by atoms with van der Waals surface area (Å²) in [4.78, 5) is 23.2. The van der Waals surface area contributed by atoms with E-state index in [0.29, 0.717) is 28.3 Å². The van der Waals surface area contributed by atoms with Crippen molar-refractivity contribution in [3.63, 3.8) is 0 Å². The van der Waals surface area contributed by atoms with Crippen LogP contribution in [-0.4, -0.2) is 29.2 Å². The summed E-state index contributed by atoms with van der Waals surface area (Å²) in [6, 6.07) is 16.7. The third-order valence-corrected chi connectivity index (χ3v) is 4.02. The van der Waals surface area contributed by atoms with Crippen molar-refractivity contribution >= 4 is 34.9 Å². The molecular formula is C20H16N2O5S. The van der Waals surface area contributed by atoms with Gasteiger partial charge in [-0.3, -0.25) is 10.1 Å². The molecule has 0 spiro atoms. The Labute approximate surface area is 165 Å². The maximum absolute atomic E-state index is 12.2. The highest BCUT2D eigenvalue weighted by Crippen LogP contribution is 2.31. The minimum absolute atomic E-state index is 0.0926. The van der Waals surface area contributed by atoms with Crippen molar-refractivity contribution in [1.29, 1.82) is 0 Å². The van der Waals surface area contributed by atoms with Gasteiger partial charge in [0.2, 0.25) is 5.76 Å². The van der Waals surface area contributed by atoms with Crippen molar-refractivity contribution in [2.75, 3.05) is 12.4 Å². The summed E-state index contributed by atoms with van der Waals surface area (Å²) in [5.74, 6) is -0.786. The van der Waals surface area contributed by atoms with Gasteiger partial charge >= 0.3 is 5.97 Å². The number of aromatic carboxylic acids is 1. The fraction of sp³-hybridized carbons (Fsp3) is 0.0500. The first kappa shape index (κ1) is 19.1. The Balaban J connectivity index is 1.79. The number of ether oxygens (including phenoxy) is 1. The molecule has 0 saturated heterocycles. The number of anilines is 1. The van der Waals surface area contributed by atoms with E-state index in [4.69, 9.17) is 26.5 Å². The van der Waals surface area contributed by atoms with Gasteiger partial charge in [0.15, 0.2) is 5.11 Å². The van der Waals surface area contributed by atoms with Gasteiger partial charge in [-0.25, -0.2) is 4.79 Å². The average Bonchev–Trinajstić information content (AvgIpc) is 3.19. The Bertz CT molecular complexity index is 1030. The number of carboxylic acid groups (broad SMARTS) is 1. The van der Waals surface area contributed by atoms with Crippen LogP contribution in [0.15, 0.2) is 65.1 Å². The van der Waals surface area contributed by atoms with Crippen molar-refractivity contribution < 1.29 is 23.8 Å². The maximum Gasteiger partial charge on any atom is 0.371 e. The van der Waals surface area contributed by atoms with Crippen molar-refractivity contribution in [3.8, 4) is 17.1 Å². The topological polar surface area (TPSA) is 101 Å². The minimum Gasteiger partial charge on any atom is -0.495 e. The first-order valence-electron chi connectivity index (χ1n) is 8.17. The smallest absolute Gasteiger partial charge is 0.371 e. The molecule has 8 heteroatoms. The zero-order valence-electron chi connectivity index (χ0n) is 14.8. The summed E-state index contributed by atoms with van der Waals surface area (Å²) >= 11 is 5.22. The van der Waals surface area contributed by atoms with E-state index in [1.165, 1.54) is 13.2 Å². The number of hydrogen-bond acceptors (Lipinski definition) is 5. The van der Waals surface area contributed by atoms with Crippen LogP contribution in [0.4, 0.5) is 5.69 Å². The normalized spacial score (nSPS) is 10.2. The van der Waals surface area contributed by atoms with E-state index in [-0.39, 0.29) is 16.8 Å². The Morgan fingerprint density at radius 2 is 1.82 bits per heavy atom. The van der Waals surface area contributed by atoms with Crippen LogP contribution in [0, 0.1) is 0 Å². The molecule has 0 saturated carbocycles. The molecule has 0 fully saturated rings. The van der Waals surface area contributed by atoms with E-state index in [2.05, 4.69) is 10.6 Å². The number of carboxylic acids is 1. The molecule has 1 heterocycles. The lowest BCUT2D eigenvalue weighted by atomic mass is 10.1. The molecule has 0 radical (unpaired) electrons. The van der Waals surface area contributed by atoms with Gasteiger partial charge in [-0.05, 0) is 54.7 Å². The largest absolute Gasteiger partial charge is 0.495 e. The van der Waals surface area contributed by atoms with Crippen LogP contribution in [0.3, 0.4) is 0 Å². The maximum atomic E-state index is 12.2. The summed E-state index contributed by atoms with van der Waals surface area (Å²) in [5.41, 5.74) is 1.59. The molecule has 3 aromatic rings. The number of carbonyl (C=O) groups is 2. The van der Waals surface area contributed by atoms with Crippen molar-refractivity contribution in [2.45, 2.75) is 0 Å². The zero-order valence-corrected chi connectivity index (χ0v) is 15.6. The summed E-state index contributed by atoms with van der Waals surface area (Å²) in [6.45, 7) is 0. The van der Waals surface area contributed by atoms with E-state index in [0.717, 1.165) is 0 Å². The average molecular weight is 396 g/mol. The Kier molecular flexibility index (Phi) is 5.71. The molecular weight excluding hydrogens is 380 g/mol. The van der Waals surface area contributed by atoms with Crippen LogP contribution >= 0.6 is 12.2 Å². The highest BCUT2D eigenvalue weighted by atomic mass is 32.1. The number of nitrogens with one attached hydrogen (secondary N) is 2. The molecule has 0 atom stereocenters. The van der Waals surface area contributed by atoms with Gasteiger partial charge < -0.3 is 19.6 Å². The van der Waals surface area contributed by atoms with Crippen molar-refractivity contribution in [3.05, 3.63) is 72.0 Å². The Morgan fingerprint density at radius 3 is 2.46 bits per heavy atom.